The van der Waals surface area contributed by atoms with E-state index < -0.39 is 5.97 Å². The van der Waals surface area contributed by atoms with E-state index in [1.807, 2.05) is 0 Å². The Morgan fingerprint density at radius 2 is 1.63 bits per heavy atom. The van der Waals surface area contributed by atoms with Crippen molar-refractivity contribution < 1.29 is 9.90 Å². The highest BCUT2D eigenvalue weighted by Gasteiger charge is 2.37. The summed E-state index contributed by atoms with van der Waals surface area (Å²) in [6.07, 6.45) is 25.0. The van der Waals surface area contributed by atoms with E-state index in [0.717, 1.165) is 31.1 Å². The Hall–Kier alpha value is -1.57. The van der Waals surface area contributed by atoms with Crippen molar-refractivity contribution in [3.05, 3.63) is 48.0 Å². The molecule has 2 unspecified atom stereocenters. The number of carbonyl (C=O) groups is 1. The Bertz CT molecular complexity index is 699. The van der Waals surface area contributed by atoms with Crippen LogP contribution in [0.25, 0.3) is 0 Å². The minimum Gasteiger partial charge on any atom is -0.481 e. The number of aliphatic carboxylic acids is 1. The summed E-state index contributed by atoms with van der Waals surface area (Å²) >= 11 is 0. The van der Waals surface area contributed by atoms with Gasteiger partial charge < -0.3 is 5.11 Å². The lowest BCUT2D eigenvalue weighted by Gasteiger charge is -2.34. The molecule has 0 saturated heterocycles. The molecule has 198 valence electrons. The van der Waals surface area contributed by atoms with Crippen molar-refractivity contribution in [1.29, 1.82) is 0 Å². The highest BCUT2D eigenvalue weighted by molar-refractivity contribution is 5.67. The molecule has 2 atom stereocenters. The Labute approximate surface area is 217 Å². The van der Waals surface area contributed by atoms with Crippen molar-refractivity contribution in [2.45, 2.75) is 135 Å². The summed E-state index contributed by atoms with van der Waals surface area (Å²) in [7, 11) is 0. The average Bonchev–Trinajstić information content (AvgIpc) is 3.31. The van der Waals surface area contributed by atoms with Gasteiger partial charge in [0.2, 0.25) is 0 Å². The van der Waals surface area contributed by atoms with E-state index in [1.165, 1.54) is 89.0 Å². The molecule has 2 nitrogen and oxygen atoms in total. The minimum atomic E-state index is -0.626. The third kappa shape index (κ3) is 11.8. The lowest BCUT2D eigenvalue weighted by Crippen LogP contribution is -2.27. The van der Waals surface area contributed by atoms with Crippen LogP contribution in [-0.4, -0.2) is 11.1 Å². The van der Waals surface area contributed by atoms with Crippen molar-refractivity contribution >= 4 is 5.97 Å². The first-order valence-corrected chi connectivity index (χ1v) is 14.9. The van der Waals surface area contributed by atoms with E-state index in [9.17, 15) is 9.90 Å². The Morgan fingerprint density at radius 3 is 2.29 bits per heavy atom. The highest BCUT2D eigenvalue weighted by Crippen LogP contribution is 2.47. The monoisotopic (exact) mass is 482 g/mol. The fourth-order valence-corrected chi connectivity index (χ4v) is 6.27. The quantitative estimate of drug-likeness (QED) is 0.157. The van der Waals surface area contributed by atoms with Crippen LogP contribution in [0.2, 0.25) is 0 Å². The molecule has 1 fully saturated rings. The van der Waals surface area contributed by atoms with E-state index in [1.54, 1.807) is 0 Å². The number of allylic oxidation sites excluding steroid dienone is 2. The van der Waals surface area contributed by atoms with Crippen molar-refractivity contribution in [2.75, 3.05) is 0 Å². The molecule has 0 aliphatic heterocycles. The minimum absolute atomic E-state index is 0.193. The second kappa shape index (κ2) is 17.0. The lowest BCUT2D eigenvalue weighted by atomic mass is 9.71. The molecule has 0 spiro atoms. The van der Waals surface area contributed by atoms with E-state index in [0.29, 0.717) is 6.42 Å². The van der Waals surface area contributed by atoms with E-state index in [-0.39, 0.29) is 11.3 Å². The van der Waals surface area contributed by atoms with Gasteiger partial charge in [-0.3, -0.25) is 4.79 Å². The van der Waals surface area contributed by atoms with Crippen molar-refractivity contribution in [1.82, 2.24) is 0 Å². The zero-order valence-corrected chi connectivity index (χ0v) is 23.1. The zero-order valence-electron chi connectivity index (χ0n) is 23.1. The Morgan fingerprint density at radius 1 is 0.914 bits per heavy atom. The maximum Gasteiger partial charge on any atom is 0.303 e. The van der Waals surface area contributed by atoms with Crippen LogP contribution in [-0.2, 0) is 10.2 Å². The van der Waals surface area contributed by atoms with Crippen LogP contribution >= 0.6 is 0 Å². The largest absolute Gasteiger partial charge is 0.481 e. The normalized spacial score (nSPS) is 17.3. The van der Waals surface area contributed by atoms with Crippen LogP contribution < -0.4 is 0 Å². The Balaban J connectivity index is 1.92. The van der Waals surface area contributed by atoms with Crippen LogP contribution in [0.4, 0.5) is 0 Å². The van der Waals surface area contributed by atoms with Crippen molar-refractivity contribution in [2.24, 2.45) is 17.8 Å². The summed E-state index contributed by atoms with van der Waals surface area (Å²) in [5, 5.41) is 9.68. The number of hydrogen-bond donors (Lipinski definition) is 1. The fourth-order valence-electron chi connectivity index (χ4n) is 6.27. The number of hydrogen-bond acceptors (Lipinski definition) is 1. The molecule has 1 aliphatic carbocycles. The molecule has 0 heterocycles. The second-order valence-corrected chi connectivity index (χ2v) is 11.8. The molecule has 1 saturated carbocycles. The standard InChI is InChI=1S/C33H54O2/c1-4-5-6-7-8-9-11-17-29(23-22-28(2)3)18-16-19-30(26-32(34)35)27-33(24-14-15-25-33)31-20-12-10-13-21-31/h9-13,20-21,28-30H,4-8,14-19,22-27H2,1-3H3,(H,34,35). The number of carboxylic acid groups (broad SMARTS) is 1. The zero-order chi connectivity index (χ0) is 25.4. The molecule has 1 aromatic carbocycles. The summed E-state index contributed by atoms with van der Waals surface area (Å²) in [5.74, 6) is 1.15. The lowest BCUT2D eigenvalue weighted by molar-refractivity contribution is -0.138. The second-order valence-electron chi connectivity index (χ2n) is 11.8. The van der Waals surface area contributed by atoms with Crippen molar-refractivity contribution in [3.63, 3.8) is 0 Å². The molecule has 0 aromatic heterocycles. The van der Waals surface area contributed by atoms with Gasteiger partial charge in [-0.1, -0.05) is 115 Å². The molecular weight excluding hydrogens is 428 g/mol. The fraction of sp³-hybridized carbons (Fsp3) is 0.727. The molecule has 0 amide bonds. The van der Waals surface area contributed by atoms with E-state index in [4.69, 9.17) is 0 Å². The van der Waals surface area contributed by atoms with Crippen LogP contribution in [0.1, 0.15) is 135 Å². The van der Waals surface area contributed by atoms with Gasteiger partial charge in [-0.25, -0.2) is 0 Å². The number of unbranched alkanes of at least 4 members (excludes halogenated alkanes) is 4. The number of rotatable bonds is 19. The Kier molecular flexibility index (Phi) is 14.4. The van der Waals surface area contributed by atoms with E-state index in [2.05, 4.69) is 63.3 Å². The third-order valence-corrected chi connectivity index (χ3v) is 8.33. The van der Waals surface area contributed by atoms with Crippen LogP contribution in [0.3, 0.4) is 0 Å². The molecule has 0 bridgehead atoms. The number of carboxylic acids is 1. The van der Waals surface area contributed by atoms with Crippen LogP contribution in [0.5, 0.6) is 0 Å². The van der Waals surface area contributed by atoms with Gasteiger partial charge in [0, 0.05) is 6.42 Å². The SMILES string of the molecule is CCCCCCC=CCC(CCCC(CC(=O)O)CC1(c2ccccc2)CCCC1)CCC(C)C. The van der Waals surface area contributed by atoms with Gasteiger partial charge in [0.15, 0.2) is 0 Å². The van der Waals surface area contributed by atoms with Gasteiger partial charge in [0.25, 0.3) is 0 Å². The summed E-state index contributed by atoms with van der Waals surface area (Å²) < 4.78 is 0. The number of benzene rings is 1. The smallest absolute Gasteiger partial charge is 0.303 e. The maximum atomic E-state index is 11.8. The summed E-state index contributed by atoms with van der Waals surface area (Å²) in [4.78, 5) is 11.8. The van der Waals surface area contributed by atoms with Gasteiger partial charge in [0.1, 0.15) is 0 Å². The van der Waals surface area contributed by atoms with Gasteiger partial charge in [0.05, 0.1) is 0 Å². The van der Waals surface area contributed by atoms with Crippen LogP contribution in [0.15, 0.2) is 42.5 Å². The predicted octanol–water partition coefficient (Wildman–Crippen LogP) is 10.1. The predicted molar refractivity (Wildman–Crippen MR) is 151 cm³/mol. The summed E-state index contributed by atoms with van der Waals surface area (Å²) in [5.41, 5.74) is 1.63. The average molecular weight is 483 g/mol. The van der Waals surface area contributed by atoms with Gasteiger partial charge in [-0.15, -0.1) is 0 Å². The first kappa shape index (κ1) is 29.7. The maximum absolute atomic E-state index is 11.8. The third-order valence-electron chi connectivity index (χ3n) is 8.33. The first-order chi connectivity index (χ1) is 16.9. The molecule has 0 radical (unpaired) electrons. The van der Waals surface area contributed by atoms with Crippen LogP contribution in [0, 0.1) is 17.8 Å². The molecular formula is C33H54O2. The molecule has 2 rings (SSSR count). The highest BCUT2D eigenvalue weighted by atomic mass is 16.4. The topological polar surface area (TPSA) is 37.3 Å². The molecule has 1 aromatic rings. The summed E-state index contributed by atoms with van der Waals surface area (Å²) in [6, 6.07) is 11.0. The molecule has 1 N–H and O–H groups in total. The first-order valence-electron chi connectivity index (χ1n) is 14.9. The summed E-state index contributed by atoms with van der Waals surface area (Å²) in [6.45, 7) is 6.92. The van der Waals surface area contributed by atoms with Gasteiger partial charge in [-0.2, -0.15) is 0 Å². The van der Waals surface area contributed by atoms with Crippen molar-refractivity contribution in [3.8, 4) is 0 Å². The van der Waals surface area contributed by atoms with Gasteiger partial charge in [-0.05, 0) is 80.1 Å². The van der Waals surface area contributed by atoms with E-state index >= 15 is 0 Å². The molecule has 1 aliphatic rings. The molecule has 35 heavy (non-hydrogen) atoms. The van der Waals surface area contributed by atoms with Gasteiger partial charge >= 0.3 is 5.97 Å². The molecule has 2 heteroatoms.